The third-order valence-electron chi connectivity index (χ3n) is 5.97. The van der Waals surface area contributed by atoms with Gasteiger partial charge in [0.2, 0.25) is 0 Å². The van der Waals surface area contributed by atoms with Crippen molar-refractivity contribution in [2.75, 3.05) is 12.8 Å². The third kappa shape index (κ3) is 4.63. The number of para-hydroxylation sites is 2. The van der Waals surface area contributed by atoms with Gasteiger partial charge in [-0.25, -0.2) is 9.97 Å². The molecule has 0 saturated heterocycles. The van der Waals surface area contributed by atoms with Gasteiger partial charge in [-0.15, -0.1) is 0 Å². The maximum atomic E-state index is 13.3. The van der Waals surface area contributed by atoms with Crippen LogP contribution in [-0.2, 0) is 19.5 Å². The highest BCUT2D eigenvalue weighted by Crippen LogP contribution is 2.28. The lowest BCUT2D eigenvalue weighted by Crippen LogP contribution is -2.24. The van der Waals surface area contributed by atoms with Crippen molar-refractivity contribution in [2.24, 2.45) is 0 Å². The molecule has 3 N–H and O–H groups in total. The summed E-state index contributed by atoms with van der Waals surface area (Å²) >= 11 is 5.97. The summed E-state index contributed by atoms with van der Waals surface area (Å²) in [5, 5.41) is 3.60. The number of methoxy groups -OCH3 is 1. The summed E-state index contributed by atoms with van der Waals surface area (Å²) < 4.78 is 7.12. The normalized spacial score (nSPS) is 11.1. The van der Waals surface area contributed by atoms with E-state index in [2.05, 4.69) is 5.32 Å². The van der Waals surface area contributed by atoms with Crippen LogP contribution in [0.4, 0.5) is 5.82 Å². The number of nitrogens with zero attached hydrogens (tertiary/aromatic N) is 3. The number of aromatic nitrogens is 3. The molecule has 3 aromatic carbocycles. The van der Waals surface area contributed by atoms with Crippen molar-refractivity contribution in [3.8, 4) is 5.75 Å². The number of anilines is 1. The lowest BCUT2D eigenvalue weighted by Gasteiger charge is -2.09. The van der Waals surface area contributed by atoms with Crippen LogP contribution in [-0.4, -0.2) is 27.6 Å². The first-order valence-electron chi connectivity index (χ1n) is 11.2. The van der Waals surface area contributed by atoms with E-state index in [0.717, 1.165) is 22.4 Å². The van der Waals surface area contributed by atoms with E-state index in [1.54, 1.807) is 19.2 Å². The van der Waals surface area contributed by atoms with Crippen LogP contribution in [0.5, 0.6) is 5.75 Å². The fourth-order valence-electron chi connectivity index (χ4n) is 4.07. The smallest absolute Gasteiger partial charge is 0.257 e. The Morgan fingerprint density at radius 3 is 2.31 bits per heavy atom. The Bertz CT molecular complexity index is 1510. The van der Waals surface area contributed by atoms with Crippen LogP contribution >= 0.6 is 11.6 Å². The summed E-state index contributed by atoms with van der Waals surface area (Å²) in [5.74, 6) is 0.851. The summed E-state index contributed by atoms with van der Waals surface area (Å²) in [6, 6.07) is 22.8. The topological polar surface area (TPSA) is 95.1 Å². The molecular formula is C27H24ClN5O2. The second-order valence-electron chi connectivity index (χ2n) is 8.20. The maximum absolute atomic E-state index is 13.3. The minimum atomic E-state index is -0.296. The van der Waals surface area contributed by atoms with Crippen molar-refractivity contribution in [1.29, 1.82) is 0 Å². The highest BCUT2D eigenvalue weighted by atomic mass is 35.5. The number of fused-ring (bicyclic) bond motifs is 2. The van der Waals surface area contributed by atoms with Gasteiger partial charge in [0.05, 0.1) is 18.1 Å². The number of carbonyl (C=O) groups excluding carboxylic acids is 1. The fourth-order valence-corrected chi connectivity index (χ4v) is 4.20. The summed E-state index contributed by atoms with van der Waals surface area (Å²) in [6.07, 6.45) is 0.707. The molecule has 1 amide bonds. The molecule has 0 aliphatic carbocycles. The van der Waals surface area contributed by atoms with Gasteiger partial charge in [0.1, 0.15) is 22.6 Å². The van der Waals surface area contributed by atoms with Gasteiger partial charge in [0.25, 0.3) is 5.91 Å². The van der Waals surface area contributed by atoms with E-state index >= 15 is 0 Å². The Hall–Kier alpha value is -4.10. The van der Waals surface area contributed by atoms with Gasteiger partial charge in [-0.1, -0.05) is 48.0 Å². The molecule has 7 nitrogen and oxygen atoms in total. The molecule has 35 heavy (non-hydrogen) atoms. The van der Waals surface area contributed by atoms with Gasteiger partial charge in [0, 0.05) is 18.1 Å². The molecule has 0 aliphatic heterocycles. The minimum Gasteiger partial charge on any atom is -0.497 e. The molecule has 0 bridgehead atoms. The first kappa shape index (κ1) is 22.7. The van der Waals surface area contributed by atoms with E-state index in [9.17, 15) is 4.79 Å². The van der Waals surface area contributed by atoms with E-state index in [1.165, 1.54) is 0 Å². The monoisotopic (exact) mass is 485 g/mol. The molecular weight excluding hydrogens is 462 g/mol. The van der Waals surface area contributed by atoms with Crippen molar-refractivity contribution in [3.63, 3.8) is 0 Å². The number of halogens is 1. The van der Waals surface area contributed by atoms with Crippen molar-refractivity contribution in [2.45, 2.75) is 19.5 Å². The second-order valence-corrected chi connectivity index (χ2v) is 8.64. The number of ether oxygens (including phenoxy) is 1. The molecule has 0 unspecified atom stereocenters. The molecule has 5 rings (SSSR count). The zero-order valence-corrected chi connectivity index (χ0v) is 19.9. The predicted octanol–water partition coefficient (Wildman–Crippen LogP) is 5.00. The van der Waals surface area contributed by atoms with E-state index in [-0.39, 0.29) is 5.91 Å². The Balaban J connectivity index is 1.50. The number of hydrogen-bond donors (Lipinski definition) is 2. The zero-order valence-electron chi connectivity index (χ0n) is 19.2. The summed E-state index contributed by atoms with van der Waals surface area (Å²) in [6.45, 7) is 0.890. The summed E-state index contributed by atoms with van der Waals surface area (Å²) in [5.41, 5.74) is 11.5. The molecule has 8 heteroatoms. The quantitative estimate of drug-likeness (QED) is 0.338. The van der Waals surface area contributed by atoms with Gasteiger partial charge < -0.3 is 20.4 Å². The Morgan fingerprint density at radius 2 is 1.63 bits per heavy atom. The van der Waals surface area contributed by atoms with Gasteiger partial charge in [-0.05, 0) is 53.9 Å². The highest BCUT2D eigenvalue weighted by Gasteiger charge is 2.23. The number of nitrogens with one attached hydrogen (secondary N) is 1. The number of rotatable bonds is 7. The molecule has 0 atom stereocenters. The van der Waals surface area contributed by atoms with Crippen molar-refractivity contribution in [3.05, 3.63) is 94.5 Å². The van der Waals surface area contributed by atoms with Crippen LogP contribution in [0.15, 0.2) is 72.8 Å². The molecule has 0 spiro atoms. The summed E-state index contributed by atoms with van der Waals surface area (Å²) in [4.78, 5) is 22.9. The molecule has 2 aromatic heterocycles. The van der Waals surface area contributed by atoms with Gasteiger partial charge >= 0.3 is 0 Å². The van der Waals surface area contributed by atoms with Crippen LogP contribution in [0.1, 0.15) is 21.5 Å². The van der Waals surface area contributed by atoms with Crippen LogP contribution in [0.2, 0.25) is 5.02 Å². The fraction of sp³-hybridized carbons (Fsp3) is 0.148. The molecule has 0 aliphatic rings. The largest absolute Gasteiger partial charge is 0.497 e. The third-order valence-corrected chi connectivity index (χ3v) is 6.22. The van der Waals surface area contributed by atoms with E-state index < -0.39 is 0 Å². The number of aryl methyl sites for hydroxylation is 2. The first-order valence-corrected chi connectivity index (χ1v) is 11.6. The SMILES string of the molecule is COc1ccc(CCn2c(N)c(C(=O)NCc3ccc(Cl)cc3)c3nc4ccccc4nc32)cc1. The van der Waals surface area contributed by atoms with Crippen molar-refractivity contribution in [1.82, 2.24) is 19.9 Å². The first-order chi connectivity index (χ1) is 17.0. The minimum absolute atomic E-state index is 0.296. The van der Waals surface area contributed by atoms with Crippen LogP contribution < -0.4 is 15.8 Å². The predicted molar refractivity (Wildman–Crippen MR) is 139 cm³/mol. The molecule has 5 aromatic rings. The number of nitrogen functional groups attached to an aromatic ring is 1. The number of amides is 1. The number of nitrogens with two attached hydrogens (primary N) is 1. The molecule has 176 valence electrons. The standard InChI is InChI=1S/C27H24ClN5O2/c1-35-20-12-8-17(9-13-20)14-15-33-25(29)23(27(34)30-16-18-6-10-19(28)11-7-18)24-26(33)32-22-5-3-2-4-21(22)31-24/h2-13H,14-16,29H2,1H3,(H,30,34). The zero-order chi connectivity index (χ0) is 24.4. The van der Waals surface area contributed by atoms with Crippen LogP contribution in [0.3, 0.4) is 0 Å². The number of benzene rings is 3. The Morgan fingerprint density at radius 1 is 0.971 bits per heavy atom. The van der Waals surface area contributed by atoms with Crippen molar-refractivity contribution < 1.29 is 9.53 Å². The maximum Gasteiger partial charge on any atom is 0.257 e. The lowest BCUT2D eigenvalue weighted by molar-refractivity contribution is 0.0953. The number of hydrogen-bond acceptors (Lipinski definition) is 5. The second kappa shape index (κ2) is 9.64. The Kier molecular flexibility index (Phi) is 6.25. The lowest BCUT2D eigenvalue weighted by atomic mass is 10.1. The van der Waals surface area contributed by atoms with Gasteiger partial charge in [-0.2, -0.15) is 0 Å². The molecule has 0 fully saturated rings. The Labute approximate surface area is 207 Å². The van der Waals surface area contributed by atoms with Gasteiger partial charge in [0.15, 0.2) is 5.65 Å². The molecule has 2 heterocycles. The van der Waals surface area contributed by atoms with Gasteiger partial charge in [-0.3, -0.25) is 4.79 Å². The average Bonchev–Trinajstić information content (AvgIpc) is 3.15. The van der Waals surface area contributed by atoms with Crippen LogP contribution in [0.25, 0.3) is 22.2 Å². The number of carbonyl (C=O) groups is 1. The molecule has 0 radical (unpaired) electrons. The van der Waals surface area contributed by atoms with E-state index in [4.69, 9.17) is 32.0 Å². The van der Waals surface area contributed by atoms with Crippen LogP contribution in [0, 0.1) is 0 Å². The van der Waals surface area contributed by atoms with E-state index in [1.807, 2.05) is 65.2 Å². The summed E-state index contributed by atoms with van der Waals surface area (Å²) in [7, 11) is 1.64. The average molecular weight is 486 g/mol. The molecule has 0 saturated carbocycles. The van der Waals surface area contributed by atoms with E-state index in [0.29, 0.717) is 52.6 Å². The van der Waals surface area contributed by atoms with Crippen molar-refractivity contribution >= 4 is 45.5 Å². The highest BCUT2D eigenvalue weighted by molar-refractivity contribution is 6.30.